The smallest absolute Gasteiger partial charge is 0.163 e. The van der Waals surface area contributed by atoms with Crippen molar-refractivity contribution in [1.29, 1.82) is 0 Å². The number of aryl methyl sites for hydroxylation is 1. The topological polar surface area (TPSA) is 43.4 Å². The molecule has 2 aromatic rings. The highest BCUT2D eigenvalue weighted by Gasteiger charge is 2.06. The average Bonchev–Trinajstić information content (AvgIpc) is 2.96. The van der Waals surface area contributed by atoms with E-state index >= 15 is 0 Å². The van der Waals surface area contributed by atoms with E-state index in [1.54, 1.807) is 11.3 Å². The fourth-order valence-electron chi connectivity index (χ4n) is 1.95. The van der Waals surface area contributed by atoms with Gasteiger partial charge in [-0.1, -0.05) is 6.92 Å². The molecule has 114 valence electrons. The molecular formula is C16H22N2O2S. The fraction of sp³-hybridized carbons (Fsp3) is 0.438. The van der Waals surface area contributed by atoms with E-state index in [9.17, 15) is 0 Å². The van der Waals surface area contributed by atoms with Crippen molar-refractivity contribution < 1.29 is 9.47 Å². The molecule has 0 saturated heterocycles. The van der Waals surface area contributed by atoms with E-state index in [2.05, 4.69) is 22.6 Å². The highest BCUT2D eigenvalue weighted by atomic mass is 32.1. The third-order valence-electron chi connectivity index (χ3n) is 2.92. The number of anilines is 1. The van der Waals surface area contributed by atoms with Crippen molar-refractivity contribution in [1.82, 2.24) is 4.98 Å². The van der Waals surface area contributed by atoms with Crippen LogP contribution in [0.1, 0.15) is 31.5 Å². The molecule has 1 aromatic heterocycles. The van der Waals surface area contributed by atoms with Gasteiger partial charge in [0.25, 0.3) is 0 Å². The van der Waals surface area contributed by atoms with Crippen LogP contribution in [0.25, 0.3) is 0 Å². The quantitative estimate of drug-likeness (QED) is 0.797. The van der Waals surface area contributed by atoms with Crippen molar-refractivity contribution >= 4 is 17.0 Å². The summed E-state index contributed by atoms with van der Waals surface area (Å²) in [5.74, 6) is 1.56. The van der Waals surface area contributed by atoms with Crippen molar-refractivity contribution in [3.63, 3.8) is 0 Å². The zero-order valence-corrected chi connectivity index (χ0v) is 13.6. The molecule has 0 amide bonds. The molecule has 0 aliphatic carbocycles. The number of aromatic nitrogens is 1. The molecule has 5 heteroatoms. The minimum absolute atomic E-state index is 0.621. The number of benzene rings is 1. The van der Waals surface area contributed by atoms with Gasteiger partial charge in [-0.3, -0.25) is 0 Å². The summed E-state index contributed by atoms with van der Waals surface area (Å²) in [5, 5.41) is 6.65. The van der Waals surface area contributed by atoms with Crippen LogP contribution in [-0.4, -0.2) is 18.2 Å². The Bertz CT molecular complexity index is 569. The Morgan fingerprint density at radius 1 is 1.10 bits per heavy atom. The van der Waals surface area contributed by atoms with Gasteiger partial charge in [0, 0.05) is 17.1 Å². The molecule has 2 rings (SSSR count). The molecule has 0 aliphatic rings. The maximum absolute atomic E-state index is 5.63. The lowest BCUT2D eigenvalue weighted by Crippen LogP contribution is -2.02. The summed E-state index contributed by atoms with van der Waals surface area (Å²) in [6.45, 7) is 8.03. The number of hydrogen-bond donors (Lipinski definition) is 1. The molecule has 1 heterocycles. The van der Waals surface area contributed by atoms with Crippen LogP contribution in [-0.2, 0) is 13.0 Å². The molecule has 4 nitrogen and oxygen atoms in total. The Hall–Kier alpha value is -1.75. The highest BCUT2D eigenvalue weighted by molar-refractivity contribution is 7.09. The molecule has 0 atom stereocenters. The van der Waals surface area contributed by atoms with E-state index in [0.29, 0.717) is 13.2 Å². The molecular weight excluding hydrogens is 284 g/mol. The van der Waals surface area contributed by atoms with E-state index in [1.807, 2.05) is 32.0 Å². The summed E-state index contributed by atoms with van der Waals surface area (Å²) < 4.78 is 11.2. The molecule has 0 bridgehead atoms. The minimum Gasteiger partial charge on any atom is -0.490 e. The lowest BCUT2D eigenvalue weighted by molar-refractivity contribution is 0.288. The molecule has 1 aromatic carbocycles. The molecule has 0 spiro atoms. The van der Waals surface area contributed by atoms with Gasteiger partial charge in [0.1, 0.15) is 0 Å². The lowest BCUT2D eigenvalue weighted by Gasteiger charge is -2.13. The second-order valence-corrected chi connectivity index (χ2v) is 5.41. The predicted octanol–water partition coefficient (Wildman–Crippen LogP) is 4.12. The van der Waals surface area contributed by atoms with Crippen molar-refractivity contribution in [2.45, 2.75) is 33.7 Å². The molecule has 0 unspecified atom stereocenters. The van der Waals surface area contributed by atoms with Crippen molar-refractivity contribution in [2.75, 3.05) is 18.5 Å². The third-order valence-corrected chi connectivity index (χ3v) is 3.96. The Labute approximate surface area is 130 Å². The first-order chi connectivity index (χ1) is 10.3. The minimum atomic E-state index is 0.621. The first kappa shape index (κ1) is 15.6. The molecule has 0 aliphatic heterocycles. The second-order valence-electron chi connectivity index (χ2n) is 4.47. The third kappa shape index (κ3) is 4.36. The Morgan fingerprint density at radius 3 is 2.52 bits per heavy atom. The Morgan fingerprint density at radius 2 is 1.86 bits per heavy atom. The lowest BCUT2D eigenvalue weighted by atomic mass is 10.2. The van der Waals surface area contributed by atoms with Crippen LogP contribution >= 0.6 is 11.3 Å². The van der Waals surface area contributed by atoms with Crippen LogP contribution in [0.2, 0.25) is 0 Å². The number of rotatable bonds is 8. The highest BCUT2D eigenvalue weighted by Crippen LogP contribution is 2.30. The SMILES string of the molecule is CCOc1ccc(NCc2csc(CC)n2)cc1OCC. The standard InChI is InChI=1S/C16H22N2O2S/c1-4-16-18-13(11-21-16)10-17-12-7-8-14(19-5-2)15(9-12)20-6-3/h7-9,11,17H,4-6,10H2,1-3H3. The number of hydrogen-bond acceptors (Lipinski definition) is 5. The van der Waals surface area contributed by atoms with Crippen LogP contribution < -0.4 is 14.8 Å². The van der Waals surface area contributed by atoms with Gasteiger partial charge in [0.15, 0.2) is 11.5 Å². The van der Waals surface area contributed by atoms with Gasteiger partial charge in [-0.2, -0.15) is 0 Å². The molecule has 0 radical (unpaired) electrons. The van der Waals surface area contributed by atoms with E-state index in [1.165, 1.54) is 5.01 Å². The summed E-state index contributed by atoms with van der Waals surface area (Å²) in [6, 6.07) is 5.91. The first-order valence-corrected chi connectivity index (χ1v) is 8.21. The molecule has 1 N–H and O–H groups in total. The molecule has 0 fully saturated rings. The van der Waals surface area contributed by atoms with E-state index in [0.717, 1.165) is 35.8 Å². The summed E-state index contributed by atoms with van der Waals surface area (Å²) >= 11 is 1.71. The van der Waals surface area contributed by atoms with E-state index in [-0.39, 0.29) is 0 Å². The van der Waals surface area contributed by atoms with Gasteiger partial charge in [-0.25, -0.2) is 4.98 Å². The maximum atomic E-state index is 5.63. The van der Waals surface area contributed by atoms with Gasteiger partial charge in [-0.05, 0) is 32.4 Å². The fourth-order valence-corrected chi connectivity index (χ4v) is 2.69. The van der Waals surface area contributed by atoms with Crippen molar-refractivity contribution in [2.24, 2.45) is 0 Å². The molecule has 21 heavy (non-hydrogen) atoms. The van der Waals surface area contributed by atoms with Crippen LogP contribution in [0.15, 0.2) is 23.6 Å². The summed E-state index contributed by atoms with van der Waals surface area (Å²) in [4.78, 5) is 4.55. The normalized spacial score (nSPS) is 10.4. The van der Waals surface area contributed by atoms with E-state index < -0.39 is 0 Å². The van der Waals surface area contributed by atoms with Gasteiger partial charge in [-0.15, -0.1) is 11.3 Å². The van der Waals surface area contributed by atoms with Crippen molar-refractivity contribution in [3.05, 3.63) is 34.3 Å². The summed E-state index contributed by atoms with van der Waals surface area (Å²) in [6.07, 6.45) is 0.988. The monoisotopic (exact) mass is 306 g/mol. The predicted molar refractivity (Wildman–Crippen MR) is 87.6 cm³/mol. The van der Waals surface area contributed by atoms with Gasteiger partial charge in [0.05, 0.1) is 30.5 Å². The zero-order chi connectivity index (χ0) is 15.1. The van der Waals surface area contributed by atoms with Crippen molar-refractivity contribution in [3.8, 4) is 11.5 Å². The number of ether oxygens (including phenoxy) is 2. The first-order valence-electron chi connectivity index (χ1n) is 7.33. The second kappa shape index (κ2) is 7.88. The van der Waals surface area contributed by atoms with Crippen LogP contribution in [0.5, 0.6) is 11.5 Å². The maximum Gasteiger partial charge on any atom is 0.163 e. The van der Waals surface area contributed by atoms with Crippen LogP contribution in [0, 0.1) is 0 Å². The summed E-state index contributed by atoms with van der Waals surface area (Å²) in [5.41, 5.74) is 2.08. The van der Waals surface area contributed by atoms with Gasteiger partial charge < -0.3 is 14.8 Å². The van der Waals surface area contributed by atoms with Crippen LogP contribution in [0.3, 0.4) is 0 Å². The Kier molecular flexibility index (Phi) is 5.87. The van der Waals surface area contributed by atoms with Gasteiger partial charge >= 0.3 is 0 Å². The number of nitrogens with zero attached hydrogens (tertiary/aromatic N) is 1. The van der Waals surface area contributed by atoms with Gasteiger partial charge in [0.2, 0.25) is 0 Å². The largest absolute Gasteiger partial charge is 0.490 e. The average molecular weight is 306 g/mol. The number of nitrogens with one attached hydrogen (secondary N) is 1. The summed E-state index contributed by atoms with van der Waals surface area (Å²) in [7, 11) is 0. The van der Waals surface area contributed by atoms with Crippen LogP contribution in [0.4, 0.5) is 5.69 Å². The van der Waals surface area contributed by atoms with E-state index in [4.69, 9.17) is 9.47 Å². The molecule has 0 saturated carbocycles. The zero-order valence-electron chi connectivity index (χ0n) is 12.8. The number of thiazole rings is 1. The Balaban J connectivity index is 2.03.